The summed E-state index contributed by atoms with van der Waals surface area (Å²) in [5.74, 6) is 0.247. The number of fused-ring (bicyclic) bond motifs is 1. The molecule has 0 bridgehead atoms. The molecule has 0 unspecified atom stereocenters. The van der Waals surface area contributed by atoms with Gasteiger partial charge >= 0.3 is 6.09 Å². The summed E-state index contributed by atoms with van der Waals surface area (Å²) in [6.07, 6.45) is 0.537. The van der Waals surface area contributed by atoms with Crippen LogP contribution in [0.4, 0.5) is 10.6 Å². The molecule has 2 heterocycles. The third-order valence-electron chi connectivity index (χ3n) is 3.74. The summed E-state index contributed by atoms with van der Waals surface area (Å²) < 4.78 is 6.66. The van der Waals surface area contributed by atoms with Crippen LogP contribution in [0.1, 0.15) is 43.2 Å². The third-order valence-corrected chi connectivity index (χ3v) is 3.74. The van der Waals surface area contributed by atoms with Crippen molar-refractivity contribution in [3.8, 4) is 0 Å². The fraction of sp³-hybridized carbons (Fsp3) is 0.688. The van der Waals surface area contributed by atoms with Crippen molar-refractivity contribution in [3.05, 3.63) is 11.3 Å². The molecule has 8 nitrogen and oxygen atoms in total. The smallest absolute Gasteiger partial charge is 0.410 e. The number of hydrogen-bond donors (Lipinski definition) is 1. The molecule has 1 aliphatic heterocycles. The van der Waals surface area contributed by atoms with Gasteiger partial charge in [-0.05, 0) is 41.3 Å². The maximum atomic E-state index is 12.3. The van der Waals surface area contributed by atoms with E-state index in [1.54, 1.807) is 4.90 Å². The topological polar surface area (TPSA) is 93.7 Å². The van der Waals surface area contributed by atoms with Gasteiger partial charge in [0.1, 0.15) is 11.4 Å². The Kier molecular flexibility index (Phi) is 5.17. The summed E-state index contributed by atoms with van der Waals surface area (Å²) in [5.41, 5.74) is 7.07. The predicted molar refractivity (Wildman–Crippen MR) is 90.8 cm³/mol. The van der Waals surface area contributed by atoms with Crippen LogP contribution in [0.3, 0.4) is 0 Å². The van der Waals surface area contributed by atoms with Gasteiger partial charge in [-0.15, -0.1) is 0 Å². The molecule has 0 saturated heterocycles. The second-order valence-electron chi connectivity index (χ2n) is 7.32. The van der Waals surface area contributed by atoms with Crippen LogP contribution in [0, 0.1) is 0 Å². The fourth-order valence-corrected chi connectivity index (χ4v) is 2.51. The van der Waals surface area contributed by atoms with E-state index in [0.717, 1.165) is 5.56 Å². The summed E-state index contributed by atoms with van der Waals surface area (Å²) >= 11 is 0. The number of carbonyl (C=O) groups is 2. The van der Waals surface area contributed by atoms with Crippen LogP contribution in [0.5, 0.6) is 0 Å². The lowest BCUT2D eigenvalue weighted by atomic mass is 10.1. The molecule has 1 aromatic rings. The van der Waals surface area contributed by atoms with Gasteiger partial charge < -0.3 is 20.3 Å². The number of rotatable bonds is 3. The van der Waals surface area contributed by atoms with Crippen molar-refractivity contribution in [2.24, 2.45) is 0 Å². The number of ether oxygens (including phenoxy) is 1. The molecule has 0 fully saturated rings. The highest BCUT2D eigenvalue weighted by Crippen LogP contribution is 2.25. The molecule has 24 heavy (non-hydrogen) atoms. The van der Waals surface area contributed by atoms with Crippen molar-refractivity contribution in [2.45, 2.75) is 45.8 Å². The Morgan fingerprint density at radius 3 is 2.58 bits per heavy atom. The minimum Gasteiger partial charge on any atom is -0.444 e. The number of carbonyl (C=O) groups excluding carboxylic acids is 2. The summed E-state index contributed by atoms with van der Waals surface area (Å²) in [7, 11) is 3.81. The Balaban J connectivity index is 2.11. The van der Waals surface area contributed by atoms with Gasteiger partial charge in [-0.3, -0.25) is 4.79 Å². The van der Waals surface area contributed by atoms with Crippen molar-refractivity contribution in [1.82, 2.24) is 19.6 Å². The molecule has 0 aliphatic carbocycles. The van der Waals surface area contributed by atoms with E-state index in [2.05, 4.69) is 5.10 Å². The van der Waals surface area contributed by atoms with E-state index in [1.807, 2.05) is 39.8 Å². The van der Waals surface area contributed by atoms with Gasteiger partial charge in [-0.1, -0.05) is 0 Å². The van der Waals surface area contributed by atoms with Gasteiger partial charge in [0.25, 0.3) is 0 Å². The Morgan fingerprint density at radius 2 is 2.00 bits per heavy atom. The lowest BCUT2D eigenvalue weighted by molar-refractivity contribution is 0.0221. The van der Waals surface area contributed by atoms with E-state index in [9.17, 15) is 9.59 Å². The monoisotopic (exact) mass is 337 g/mol. The van der Waals surface area contributed by atoms with Gasteiger partial charge in [0.05, 0.1) is 12.2 Å². The Morgan fingerprint density at radius 1 is 1.33 bits per heavy atom. The van der Waals surface area contributed by atoms with Crippen LogP contribution < -0.4 is 5.73 Å². The zero-order chi connectivity index (χ0) is 18.1. The minimum absolute atomic E-state index is 0.139. The highest BCUT2D eigenvalue weighted by molar-refractivity contribution is 5.82. The molecular formula is C16H27N5O3. The SMILES string of the molecule is CN(C)CCC(=O)n1nc2c(c1N)CCN(C(=O)OC(C)(C)C)C2. The first kappa shape index (κ1) is 18.3. The van der Waals surface area contributed by atoms with E-state index in [4.69, 9.17) is 10.5 Å². The number of anilines is 1. The number of amides is 1. The largest absolute Gasteiger partial charge is 0.444 e. The van der Waals surface area contributed by atoms with Gasteiger partial charge in [0.15, 0.2) is 0 Å². The van der Waals surface area contributed by atoms with Crippen LogP contribution >= 0.6 is 0 Å². The predicted octanol–water partition coefficient (Wildman–Crippen LogP) is 1.35. The van der Waals surface area contributed by atoms with Gasteiger partial charge in [0, 0.05) is 25.1 Å². The van der Waals surface area contributed by atoms with Gasteiger partial charge in [-0.25, -0.2) is 4.79 Å². The average Bonchev–Trinajstić information content (AvgIpc) is 2.79. The van der Waals surface area contributed by atoms with E-state index >= 15 is 0 Å². The molecule has 0 atom stereocenters. The summed E-state index contributed by atoms with van der Waals surface area (Å²) in [6, 6.07) is 0. The van der Waals surface area contributed by atoms with Crippen molar-refractivity contribution in [1.29, 1.82) is 0 Å². The van der Waals surface area contributed by atoms with Crippen molar-refractivity contribution < 1.29 is 14.3 Å². The maximum Gasteiger partial charge on any atom is 0.410 e. The highest BCUT2D eigenvalue weighted by atomic mass is 16.6. The highest BCUT2D eigenvalue weighted by Gasteiger charge is 2.30. The zero-order valence-corrected chi connectivity index (χ0v) is 15.1. The van der Waals surface area contributed by atoms with E-state index in [-0.39, 0.29) is 12.0 Å². The summed E-state index contributed by atoms with van der Waals surface area (Å²) in [6.45, 7) is 6.93. The molecule has 0 saturated carbocycles. The van der Waals surface area contributed by atoms with Crippen LogP contribution in [0.25, 0.3) is 0 Å². The second-order valence-corrected chi connectivity index (χ2v) is 7.32. The number of nitrogen functional groups attached to an aromatic ring is 1. The fourth-order valence-electron chi connectivity index (χ4n) is 2.51. The first-order valence-corrected chi connectivity index (χ1v) is 8.10. The van der Waals surface area contributed by atoms with E-state index in [1.165, 1.54) is 4.68 Å². The lowest BCUT2D eigenvalue weighted by Gasteiger charge is -2.29. The molecule has 1 amide bonds. The Bertz CT molecular complexity index is 630. The quantitative estimate of drug-likeness (QED) is 0.895. The normalized spacial score (nSPS) is 14.7. The Labute approximate surface area is 142 Å². The molecule has 8 heteroatoms. The first-order chi connectivity index (χ1) is 11.1. The lowest BCUT2D eigenvalue weighted by Crippen LogP contribution is -2.39. The number of hydrogen-bond acceptors (Lipinski definition) is 6. The molecule has 2 rings (SSSR count). The molecule has 0 spiro atoms. The van der Waals surface area contributed by atoms with Crippen LogP contribution in [0.15, 0.2) is 0 Å². The number of nitrogens with two attached hydrogens (primary N) is 1. The van der Waals surface area contributed by atoms with Crippen LogP contribution in [-0.4, -0.2) is 64.4 Å². The van der Waals surface area contributed by atoms with Crippen molar-refractivity contribution >= 4 is 17.8 Å². The van der Waals surface area contributed by atoms with Crippen molar-refractivity contribution in [2.75, 3.05) is 32.9 Å². The van der Waals surface area contributed by atoms with Crippen LogP contribution in [-0.2, 0) is 17.7 Å². The summed E-state index contributed by atoms with van der Waals surface area (Å²) in [5, 5.41) is 4.33. The molecule has 0 radical (unpaired) electrons. The average molecular weight is 337 g/mol. The van der Waals surface area contributed by atoms with Crippen molar-refractivity contribution in [3.63, 3.8) is 0 Å². The van der Waals surface area contributed by atoms with E-state index in [0.29, 0.717) is 44.0 Å². The van der Waals surface area contributed by atoms with E-state index < -0.39 is 5.60 Å². The van der Waals surface area contributed by atoms with Gasteiger partial charge in [-0.2, -0.15) is 9.78 Å². The molecular weight excluding hydrogens is 310 g/mol. The Hall–Kier alpha value is -2.09. The standard InChI is InChI=1S/C16H27N5O3/c1-16(2,3)24-15(23)20-9-6-11-12(10-20)18-21(14(11)17)13(22)7-8-19(4)5/h6-10,17H2,1-5H3. The third kappa shape index (κ3) is 4.25. The second kappa shape index (κ2) is 6.80. The minimum atomic E-state index is -0.544. The molecule has 1 aromatic heterocycles. The zero-order valence-electron chi connectivity index (χ0n) is 15.1. The maximum absolute atomic E-state index is 12.3. The molecule has 0 aromatic carbocycles. The van der Waals surface area contributed by atoms with Crippen LogP contribution in [0.2, 0.25) is 0 Å². The molecule has 2 N–H and O–H groups in total. The summed E-state index contributed by atoms with van der Waals surface area (Å²) in [4.78, 5) is 28.0. The molecule has 134 valence electrons. The first-order valence-electron chi connectivity index (χ1n) is 8.10. The molecule has 1 aliphatic rings. The number of aromatic nitrogens is 2. The number of nitrogens with zero attached hydrogens (tertiary/aromatic N) is 4. The van der Waals surface area contributed by atoms with Gasteiger partial charge in [0.2, 0.25) is 5.91 Å².